The Morgan fingerprint density at radius 1 is 1.41 bits per heavy atom. The van der Waals surface area contributed by atoms with Gasteiger partial charge >= 0.3 is 0 Å². The maximum absolute atomic E-state index is 12.4. The molecule has 120 valence electrons. The topological polar surface area (TPSA) is 54.9 Å². The van der Waals surface area contributed by atoms with E-state index in [9.17, 15) is 4.79 Å². The van der Waals surface area contributed by atoms with Crippen molar-refractivity contribution in [2.45, 2.75) is 63.8 Å². The fourth-order valence-electron chi connectivity index (χ4n) is 1.98. The van der Waals surface area contributed by atoms with Crippen LogP contribution in [0.2, 0.25) is 0 Å². The van der Waals surface area contributed by atoms with Crippen molar-refractivity contribution in [3.63, 3.8) is 0 Å². The Bertz CT molecular complexity index is 694. The van der Waals surface area contributed by atoms with Crippen LogP contribution >= 0.6 is 23.1 Å². The van der Waals surface area contributed by atoms with Crippen LogP contribution in [0, 0.1) is 13.8 Å². The Hall–Kier alpha value is -1.14. The lowest BCUT2D eigenvalue weighted by molar-refractivity contribution is -0.121. The first-order valence-corrected chi connectivity index (χ1v) is 9.14. The van der Waals surface area contributed by atoms with Gasteiger partial charge in [0.2, 0.25) is 5.91 Å². The van der Waals surface area contributed by atoms with Gasteiger partial charge in [0.25, 0.3) is 0 Å². The Morgan fingerprint density at radius 3 is 2.73 bits per heavy atom. The number of carbonyl (C=O) groups is 1. The lowest BCUT2D eigenvalue weighted by Gasteiger charge is -2.26. The molecule has 1 amide bonds. The molecule has 2 aromatic heterocycles. The van der Waals surface area contributed by atoms with Gasteiger partial charge in [-0.25, -0.2) is 9.97 Å². The summed E-state index contributed by atoms with van der Waals surface area (Å²) in [5.41, 5.74) is 1.03. The van der Waals surface area contributed by atoms with Crippen molar-refractivity contribution in [1.29, 1.82) is 0 Å². The van der Waals surface area contributed by atoms with Gasteiger partial charge in [-0.3, -0.25) is 4.79 Å². The molecule has 0 fully saturated rings. The van der Waals surface area contributed by atoms with Crippen LogP contribution in [0.1, 0.15) is 44.6 Å². The quantitative estimate of drug-likeness (QED) is 0.659. The first-order chi connectivity index (χ1) is 10.2. The first kappa shape index (κ1) is 17.2. The van der Waals surface area contributed by atoms with Crippen molar-refractivity contribution in [3.05, 3.63) is 16.8 Å². The summed E-state index contributed by atoms with van der Waals surface area (Å²) in [7, 11) is 0. The van der Waals surface area contributed by atoms with Crippen LogP contribution in [0.4, 0.5) is 0 Å². The molecular formula is C16H23N3OS2. The second kappa shape index (κ2) is 6.54. The van der Waals surface area contributed by atoms with Gasteiger partial charge in [0.05, 0.1) is 5.25 Å². The number of nitrogens with zero attached hydrogens (tertiary/aromatic N) is 2. The lowest BCUT2D eigenvalue weighted by Crippen LogP contribution is -2.46. The van der Waals surface area contributed by atoms with E-state index in [0.717, 1.165) is 21.7 Å². The molecule has 0 bridgehead atoms. The summed E-state index contributed by atoms with van der Waals surface area (Å²) in [4.78, 5) is 23.4. The minimum absolute atomic E-state index is 0.0493. The number of carbonyl (C=O) groups excluding carboxylic acids is 1. The molecule has 2 heterocycles. The number of aromatic nitrogens is 2. The van der Waals surface area contributed by atoms with Crippen LogP contribution in [0.15, 0.2) is 11.4 Å². The van der Waals surface area contributed by atoms with E-state index in [1.807, 2.05) is 20.8 Å². The van der Waals surface area contributed by atoms with Crippen molar-refractivity contribution in [1.82, 2.24) is 15.3 Å². The summed E-state index contributed by atoms with van der Waals surface area (Å²) in [6.45, 7) is 12.3. The first-order valence-electron chi connectivity index (χ1n) is 7.44. The number of hydrogen-bond donors (Lipinski definition) is 1. The lowest BCUT2D eigenvalue weighted by atomic mass is 10.0. The van der Waals surface area contributed by atoms with Crippen LogP contribution in [0.5, 0.6) is 0 Å². The van der Waals surface area contributed by atoms with Crippen molar-refractivity contribution in [2.75, 3.05) is 0 Å². The molecular weight excluding hydrogens is 314 g/mol. The van der Waals surface area contributed by atoms with Gasteiger partial charge in [0.15, 0.2) is 0 Å². The van der Waals surface area contributed by atoms with Gasteiger partial charge < -0.3 is 5.32 Å². The highest BCUT2D eigenvalue weighted by atomic mass is 32.2. The molecule has 22 heavy (non-hydrogen) atoms. The Balaban J connectivity index is 2.22. The predicted octanol–water partition coefficient (Wildman–Crippen LogP) is 4.09. The summed E-state index contributed by atoms with van der Waals surface area (Å²) >= 11 is 3.18. The van der Waals surface area contributed by atoms with Gasteiger partial charge in [0.1, 0.15) is 16.2 Å². The normalized spacial score (nSPS) is 13.4. The highest BCUT2D eigenvalue weighted by molar-refractivity contribution is 8.00. The Kier molecular flexibility index (Phi) is 5.12. The number of nitrogens with one attached hydrogen (secondary N) is 1. The third-order valence-electron chi connectivity index (χ3n) is 3.93. The van der Waals surface area contributed by atoms with Crippen molar-refractivity contribution in [3.8, 4) is 0 Å². The standard InChI is InChI=1S/C16H23N3OS2/c1-7-16(5,6)19-13(20)11(4)22-15-12-9(2)10(3)21-14(12)17-8-18-15/h8,11H,7H2,1-6H3,(H,19,20). The number of amides is 1. The summed E-state index contributed by atoms with van der Waals surface area (Å²) < 4.78 is 0. The van der Waals surface area contributed by atoms with Crippen molar-refractivity contribution < 1.29 is 4.79 Å². The third-order valence-corrected chi connectivity index (χ3v) is 6.15. The van der Waals surface area contributed by atoms with Gasteiger partial charge in [0, 0.05) is 15.8 Å². The molecule has 0 saturated heterocycles. The number of aryl methyl sites for hydroxylation is 2. The zero-order valence-electron chi connectivity index (χ0n) is 14.0. The predicted molar refractivity (Wildman–Crippen MR) is 94.7 cm³/mol. The molecule has 0 aromatic carbocycles. The summed E-state index contributed by atoms with van der Waals surface area (Å²) in [5, 5.41) is 4.88. The number of hydrogen-bond acceptors (Lipinski definition) is 5. The Morgan fingerprint density at radius 2 is 2.09 bits per heavy atom. The monoisotopic (exact) mass is 337 g/mol. The summed E-state index contributed by atoms with van der Waals surface area (Å²) in [6.07, 6.45) is 2.48. The zero-order chi connectivity index (χ0) is 16.5. The zero-order valence-corrected chi connectivity index (χ0v) is 15.6. The van der Waals surface area contributed by atoms with E-state index in [0.29, 0.717) is 0 Å². The smallest absolute Gasteiger partial charge is 0.233 e. The second-order valence-electron chi connectivity index (χ2n) is 6.13. The number of rotatable bonds is 5. The molecule has 1 atom stereocenters. The molecule has 0 saturated carbocycles. The van der Waals surface area contributed by atoms with E-state index >= 15 is 0 Å². The molecule has 0 spiro atoms. The van der Waals surface area contributed by atoms with Crippen molar-refractivity contribution in [2.24, 2.45) is 0 Å². The summed E-state index contributed by atoms with van der Waals surface area (Å²) in [6, 6.07) is 0. The van der Waals surface area contributed by atoms with E-state index < -0.39 is 0 Å². The van der Waals surface area contributed by atoms with Gasteiger partial charge in [-0.2, -0.15) is 0 Å². The van der Waals surface area contributed by atoms with Crippen LogP contribution in [0.25, 0.3) is 10.2 Å². The largest absolute Gasteiger partial charge is 0.350 e. The minimum Gasteiger partial charge on any atom is -0.350 e. The van der Waals surface area contributed by atoms with Crippen molar-refractivity contribution >= 4 is 39.2 Å². The van der Waals surface area contributed by atoms with E-state index in [-0.39, 0.29) is 16.7 Å². The van der Waals surface area contributed by atoms with Gasteiger partial charge in [-0.05, 0) is 46.6 Å². The molecule has 1 unspecified atom stereocenters. The van der Waals surface area contributed by atoms with E-state index in [1.54, 1.807) is 17.7 Å². The number of thiophene rings is 1. The highest BCUT2D eigenvalue weighted by Crippen LogP contribution is 2.35. The number of thioether (sulfide) groups is 1. The molecule has 0 aliphatic rings. The molecule has 0 aliphatic carbocycles. The fraction of sp³-hybridized carbons (Fsp3) is 0.562. The van der Waals surface area contributed by atoms with E-state index in [4.69, 9.17) is 0 Å². The van der Waals surface area contributed by atoms with Crippen LogP contribution in [0.3, 0.4) is 0 Å². The van der Waals surface area contributed by atoms with Crippen LogP contribution < -0.4 is 5.32 Å². The molecule has 2 rings (SSSR count). The Labute approximate surface area is 140 Å². The molecule has 0 aliphatic heterocycles. The molecule has 0 radical (unpaired) electrons. The molecule has 4 nitrogen and oxygen atoms in total. The molecule has 2 aromatic rings. The van der Waals surface area contributed by atoms with Gasteiger partial charge in [-0.1, -0.05) is 18.7 Å². The van der Waals surface area contributed by atoms with Gasteiger partial charge in [-0.15, -0.1) is 11.3 Å². The second-order valence-corrected chi connectivity index (χ2v) is 8.66. The SMILES string of the molecule is CCC(C)(C)NC(=O)C(C)Sc1ncnc2sc(C)c(C)c12. The minimum atomic E-state index is -0.191. The number of fused-ring (bicyclic) bond motifs is 1. The maximum Gasteiger partial charge on any atom is 0.233 e. The highest BCUT2D eigenvalue weighted by Gasteiger charge is 2.24. The molecule has 6 heteroatoms. The average Bonchev–Trinajstić information content (AvgIpc) is 2.74. The summed E-state index contributed by atoms with van der Waals surface area (Å²) in [5.74, 6) is 0.0493. The van der Waals surface area contributed by atoms with E-state index in [2.05, 4.69) is 36.1 Å². The molecule has 1 N–H and O–H groups in total. The average molecular weight is 338 g/mol. The van der Waals surface area contributed by atoms with Crippen LogP contribution in [-0.2, 0) is 4.79 Å². The third kappa shape index (κ3) is 3.60. The van der Waals surface area contributed by atoms with Crippen LogP contribution in [-0.4, -0.2) is 26.7 Å². The van der Waals surface area contributed by atoms with E-state index in [1.165, 1.54) is 22.2 Å². The fourth-order valence-corrected chi connectivity index (χ4v) is 4.02. The maximum atomic E-state index is 12.4.